The first-order chi connectivity index (χ1) is 48.6. The van der Waals surface area contributed by atoms with Gasteiger partial charge in [0.2, 0.25) is 11.8 Å². The third-order valence-electron chi connectivity index (χ3n) is 17.2. The van der Waals surface area contributed by atoms with Crippen LogP contribution in [-0.4, -0.2) is 133 Å². The minimum Gasteiger partial charge on any atom is -0.463 e. The number of nitrogens with one attached hydrogen (secondary N) is 4. The van der Waals surface area contributed by atoms with Gasteiger partial charge in [0.25, 0.3) is 0 Å². The minimum atomic E-state index is -4.29. The zero-order valence-corrected chi connectivity index (χ0v) is 66.0. The molecule has 4 amide bonds. The molecule has 588 valence electrons. The quantitative estimate of drug-likeness (QED) is 0.0191. The van der Waals surface area contributed by atoms with Crippen LogP contribution in [-0.2, 0) is 74.4 Å². The summed E-state index contributed by atoms with van der Waals surface area (Å²) in [7, 11) is -8.58. The second-order valence-corrected chi connectivity index (χ2v) is 30.4. The second-order valence-electron chi connectivity index (χ2n) is 27.1. The van der Waals surface area contributed by atoms with E-state index in [4.69, 9.17) is 46.1 Å². The van der Waals surface area contributed by atoms with Gasteiger partial charge in [0.05, 0.1) is 78.2 Å². The molecule has 6 atom stereocenters. The summed E-state index contributed by atoms with van der Waals surface area (Å²) in [4.78, 5) is 64.7. The summed E-state index contributed by atoms with van der Waals surface area (Å²) in [6, 6.07) is -2.13. The van der Waals surface area contributed by atoms with Gasteiger partial charge in [-0.2, -0.15) is 0 Å². The van der Waals surface area contributed by atoms with E-state index < -0.39 is 33.8 Å². The molecule has 0 aliphatic heterocycles. The molecule has 0 aromatic heterocycles. The van der Waals surface area contributed by atoms with Crippen molar-refractivity contribution in [3.05, 3.63) is 25.3 Å². The van der Waals surface area contributed by atoms with Gasteiger partial charge in [0.15, 0.2) is 0 Å². The number of unbranched alkanes of at least 4 members (excludes halogenated alkanes) is 36. The van der Waals surface area contributed by atoms with Crippen molar-refractivity contribution in [3.8, 4) is 0 Å². The molecular weight excluding hydrogens is 1310 g/mol. The Morgan fingerprint density at radius 3 is 0.900 bits per heavy atom. The van der Waals surface area contributed by atoms with E-state index in [1.807, 2.05) is 13.8 Å². The van der Waals surface area contributed by atoms with Crippen molar-refractivity contribution in [3.63, 3.8) is 0 Å². The molecule has 0 spiro atoms. The van der Waals surface area contributed by atoms with E-state index in [-0.39, 0.29) is 115 Å². The van der Waals surface area contributed by atoms with E-state index in [9.17, 15) is 33.1 Å². The van der Waals surface area contributed by atoms with Gasteiger partial charge in [-0.05, 0) is 39.5 Å². The van der Waals surface area contributed by atoms with Gasteiger partial charge in [0.1, 0.15) is 12.2 Å². The van der Waals surface area contributed by atoms with E-state index in [1.54, 1.807) is 0 Å². The Labute approximate surface area is 608 Å². The molecule has 0 aromatic carbocycles. The van der Waals surface area contributed by atoms with Gasteiger partial charge in [0, 0.05) is 51.6 Å². The Balaban J connectivity index is 5.52. The van der Waals surface area contributed by atoms with E-state index in [0.717, 1.165) is 89.9 Å². The fourth-order valence-electron chi connectivity index (χ4n) is 11.1. The number of hydrogen-bond acceptors (Lipinski definition) is 17. The molecule has 0 rings (SSSR count). The monoisotopic (exact) mass is 1460 g/mol. The van der Waals surface area contributed by atoms with E-state index in [1.165, 1.54) is 179 Å². The Bertz CT molecular complexity index is 1920. The lowest BCUT2D eigenvalue weighted by Crippen LogP contribution is -2.41. The van der Waals surface area contributed by atoms with Crippen LogP contribution in [0.4, 0.5) is 4.79 Å². The summed E-state index contributed by atoms with van der Waals surface area (Å²) in [5.74, 6) is -0.858. The van der Waals surface area contributed by atoms with Crippen LogP contribution in [0.2, 0.25) is 0 Å². The highest BCUT2D eigenvalue weighted by Crippen LogP contribution is 2.50. The van der Waals surface area contributed by atoms with Crippen LogP contribution in [0.5, 0.6) is 0 Å². The highest BCUT2D eigenvalue weighted by Gasteiger charge is 2.31. The van der Waals surface area contributed by atoms with Crippen LogP contribution in [0, 0.1) is 0 Å². The smallest absolute Gasteiger partial charge is 0.463 e. The first kappa shape index (κ1) is 96.8. The number of rotatable bonds is 78. The number of esters is 2. The molecule has 100 heavy (non-hydrogen) atoms. The van der Waals surface area contributed by atoms with Gasteiger partial charge in [-0.1, -0.05) is 271 Å². The van der Waals surface area contributed by atoms with Crippen LogP contribution in [0.25, 0.3) is 0 Å². The number of hydrogen-bond donors (Lipinski definition) is 4. The van der Waals surface area contributed by atoms with Crippen molar-refractivity contribution >= 4 is 45.4 Å². The topological polar surface area (TPSA) is 260 Å². The number of urea groups is 1. The predicted molar refractivity (Wildman–Crippen MR) is 404 cm³/mol. The van der Waals surface area contributed by atoms with Crippen molar-refractivity contribution in [2.75, 3.05) is 79.2 Å². The highest BCUT2D eigenvalue weighted by atomic mass is 31.2. The Morgan fingerprint density at radius 2 is 0.620 bits per heavy atom. The van der Waals surface area contributed by atoms with E-state index in [0.29, 0.717) is 38.5 Å². The van der Waals surface area contributed by atoms with Crippen LogP contribution in [0.3, 0.4) is 0 Å². The van der Waals surface area contributed by atoms with Gasteiger partial charge in [-0.25, -0.2) is 13.9 Å². The zero-order chi connectivity index (χ0) is 73.5. The van der Waals surface area contributed by atoms with Crippen molar-refractivity contribution in [2.45, 2.75) is 361 Å². The molecule has 4 N–H and O–H groups in total. The lowest BCUT2D eigenvalue weighted by molar-refractivity contribution is -0.150. The van der Waals surface area contributed by atoms with Crippen LogP contribution in [0.1, 0.15) is 337 Å². The van der Waals surface area contributed by atoms with E-state index in [2.05, 4.69) is 62.1 Å². The maximum atomic E-state index is 14.0. The van der Waals surface area contributed by atoms with Crippen LogP contribution in [0.15, 0.2) is 25.3 Å². The highest BCUT2D eigenvalue weighted by molar-refractivity contribution is 7.48. The fraction of sp³-hybridized carbons (Fsp3) is 0.883. The molecule has 21 nitrogen and oxygen atoms in total. The maximum absolute atomic E-state index is 14.0. The fourth-order valence-corrected chi connectivity index (χ4v) is 13.5. The molecular formula is C77H148N4O17P2. The summed E-state index contributed by atoms with van der Waals surface area (Å²) >= 11 is 0. The Morgan fingerprint density at radius 1 is 0.350 bits per heavy atom. The van der Waals surface area contributed by atoms with E-state index >= 15 is 0 Å². The summed E-state index contributed by atoms with van der Waals surface area (Å²) in [5, 5.41) is 11.1. The lowest BCUT2D eigenvalue weighted by Gasteiger charge is -2.23. The molecule has 0 aliphatic carbocycles. The van der Waals surface area contributed by atoms with Crippen molar-refractivity contribution in [1.82, 2.24) is 21.3 Å². The average Bonchev–Trinajstić information content (AvgIpc) is 1.07. The van der Waals surface area contributed by atoms with Gasteiger partial charge < -0.3 is 40.2 Å². The number of ether oxygens (including phenoxy) is 4. The normalized spacial score (nSPS) is 13.9. The molecule has 0 aliphatic rings. The molecule has 2 unspecified atom stereocenters. The van der Waals surface area contributed by atoms with Crippen LogP contribution >= 0.6 is 15.6 Å². The Hall–Kier alpha value is -3.23. The summed E-state index contributed by atoms with van der Waals surface area (Å²) in [5.41, 5.74) is 0. The first-order valence-electron chi connectivity index (χ1n) is 40.0. The van der Waals surface area contributed by atoms with Gasteiger partial charge >= 0.3 is 33.6 Å². The zero-order valence-electron chi connectivity index (χ0n) is 64.2. The molecule has 0 heterocycles. The predicted octanol–water partition coefficient (Wildman–Crippen LogP) is 19.9. The Kier molecular flexibility index (Phi) is 69.1. The second kappa shape index (κ2) is 71.4. The number of carbonyl (C=O) groups is 5. The summed E-state index contributed by atoms with van der Waals surface area (Å²) in [6.07, 6.45) is 50.5. The minimum absolute atomic E-state index is 0.00623. The standard InChI is InChI=1S/C77H148N4O17P2/c1-9-15-19-23-27-31-33-37-39-43-47-51-73(82)80-71(65-89-61-55-69(7)97-75(84)53-49-45-41-35-29-25-21-17-11-3)67-95-99(87,91-59-13-5)93-63-57-78-77(86)79-58-64-94-100(88,92-60-14-6)96-68-72(81-74(83)52-48-44-40-38-34-32-28-24-20-16-10-2)66-90-62-56-70(8)98-76(85)54-50-46-42-36-30-26-22-18-12-4/h13-14,69-72H,5-6,9-12,15-68H2,1-4,7-8H3,(H,80,82)(H,81,83)(H2,78,79,86)/t69-,70-,71-,72+,99?,100?/m1/s1. The molecule has 0 saturated heterocycles. The van der Waals surface area contributed by atoms with Crippen molar-refractivity contribution in [1.29, 1.82) is 0 Å². The number of amides is 4. The average molecular weight is 1460 g/mol. The molecule has 0 aromatic rings. The van der Waals surface area contributed by atoms with Crippen molar-refractivity contribution < 1.29 is 79.2 Å². The number of phosphoric ester groups is 2. The number of carbonyl (C=O) groups excluding carboxylic acids is 5. The number of phosphoric acid groups is 2. The lowest BCUT2D eigenvalue weighted by atomic mass is 10.1. The summed E-state index contributed by atoms with van der Waals surface area (Å²) in [6.45, 7) is 18.5. The van der Waals surface area contributed by atoms with Crippen molar-refractivity contribution in [2.24, 2.45) is 0 Å². The third kappa shape index (κ3) is 65.5. The van der Waals surface area contributed by atoms with Gasteiger partial charge in [-0.3, -0.25) is 46.3 Å². The molecule has 23 heteroatoms. The summed E-state index contributed by atoms with van der Waals surface area (Å²) < 4.78 is 85.0. The molecule has 0 radical (unpaired) electrons. The SMILES string of the molecule is C=CCOP(=O)(OCCNC(=O)NCCOP(=O)(OCC=C)OC[C@H](COCC[C@@H](C)OC(=O)CCCCCCCCCCC)NC(=O)CCCCCCCCCCCCC)OC[C@@H](COCC[C@@H](C)OC(=O)CCCCCCCCCCC)NC(=O)CCCCCCCCCCCCC. The molecule has 0 fully saturated rings. The molecule has 0 saturated carbocycles. The van der Waals surface area contributed by atoms with Gasteiger partial charge in [-0.15, -0.1) is 13.2 Å². The third-order valence-corrected chi connectivity index (χ3v) is 20.1. The molecule has 0 bridgehead atoms. The van der Waals surface area contributed by atoms with Crippen LogP contribution < -0.4 is 21.3 Å². The largest absolute Gasteiger partial charge is 0.475 e. The first-order valence-corrected chi connectivity index (χ1v) is 42.9. The maximum Gasteiger partial charge on any atom is 0.475 e.